The average Bonchev–Trinajstić information content (AvgIpc) is 3.69. The predicted octanol–water partition coefficient (Wildman–Crippen LogP) is 15.3. The number of aromatic nitrogens is 4. The number of nitrogens with zero attached hydrogens (tertiary/aromatic N) is 4. The molecule has 0 unspecified atom stereocenters. The van der Waals surface area contributed by atoms with E-state index in [9.17, 15) is 0 Å². The van der Waals surface area contributed by atoms with Gasteiger partial charge in [-0.15, -0.1) is 0 Å². The Morgan fingerprint density at radius 3 is 1.40 bits per heavy atom. The van der Waals surface area contributed by atoms with Crippen LogP contribution < -0.4 is 0 Å². The van der Waals surface area contributed by atoms with Crippen LogP contribution in [0.5, 0.6) is 0 Å². The number of para-hydroxylation sites is 1. The van der Waals surface area contributed by atoms with Gasteiger partial charge in [-0.1, -0.05) is 200 Å². The van der Waals surface area contributed by atoms with Crippen LogP contribution >= 0.6 is 0 Å². The third-order valence-corrected chi connectivity index (χ3v) is 12.3. The highest BCUT2D eigenvalue weighted by molar-refractivity contribution is 6.13. The third kappa shape index (κ3) is 6.53. The lowest BCUT2D eigenvalue weighted by Crippen LogP contribution is -2.04. The molecule has 10 aromatic carbocycles. The number of benzene rings is 10. The first-order valence-electron chi connectivity index (χ1n) is 21.3. The van der Waals surface area contributed by atoms with E-state index in [1.54, 1.807) is 0 Å². The molecular formula is C59H38N4. The van der Waals surface area contributed by atoms with Gasteiger partial charge >= 0.3 is 0 Å². The van der Waals surface area contributed by atoms with Gasteiger partial charge in [0.15, 0.2) is 17.5 Å². The minimum absolute atomic E-state index is 0.605. The molecule has 4 nitrogen and oxygen atoms in total. The standard InChI is InChI=1S/C59H38N4/c1-3-13-39(14-4-1)42-23-28-45(29-24-42)57-60-58(46-30-25-43(26-31-46)48-32-27-41-17-7-8-19-47(41)37-48)62-59(61-57)52-35-33-44-18-9-10-20-50(44)56(52)63-54-22-12-11-21-51(54)53-38-49(34-36-55(53)63)40-15-5-2-6-16-40/h1-38H. The van der Waals surface area contributed by atoms with Gasteiger partial charge in [0.25, 0.3) is 0 Å². The molecule has 4 heteroatoms. The summed E-state index contributed by atoms with van der Waals surface area (Å²) in [5.74, 6) is 1.83. The molecule has 0 N–H and O–H groups in total. The maximum atomic E-state index is 5.36. The van der Waals surface area contributed by atoms with Gasteiger partial charge in [-0.3, -0.25) is 0 Å². The minimum Gasteiger partial charge on any atom is -0.308 e. The van der Waals surface area contributed by atoms with Gasteiger partial charge in [0, 0.05) is 32.8 Å². The Bertz CT molecular complexity index is 3650. The first-order valence-corrected chi connectivity index (χ1v) is 21.3. The smallest absolute Gasteiger partial charge is 0.166 e. The van der Waals surface area contributed by atoms with Crippen LogP contribution in [0.2, 0.25) is 0 Å². The Labute approximate surface area is 365 Å². The molecule has 0 amide bonds. The van der Waals surface area contributed by atoms with E-state index in [0.29, 0.717) is 17.5 Å². The van der Waals surface area contributed by atoms with Crippen molar-refractivity contribution in [1.82, 2.24) is 19.5 Å². The van der Waals surface area contributed by atoms with Crippen LogP contribution in [0.1, 0.15) is 0 Å². The summed E-state index contributed by atoms with van der Waals surface area (Å²) in [4.78, 5) is 15.9. The molecule has 0 spiro atoms. The Morgan fingerprint density at radius 1 is 0.254 bits per heavy atom. The molecule has 2 aromatic heterocycles. The van der Waals surface area contributed by atoms with Crippen molar-refractivity contribution in [2.24, 2.45) is 0 Å². The van der Waals surface area contributed by atoms with Crippen molar-refractivity contribution < 1.29 is 0 Å². The second-order valence-electron chi connectivity index (χ2n) is 16.0. The van der Waals surface area contributed by atoms with Crippen LogP contribution in [0, 0.1) is 0 Å². The predicted molar refractivity (Wildman–Crippen MR) is 262 cm³/mol. The van der Waals surface area contributed by atoms with E-state index in [0.717, 1.165) is 60.9 Å². The monoisotopic (exact) mass is 802 g/mol. The van der Waals surface area contributed by atoms with Crippen molar-refractivity contribution in [1.29, 1.82) is 0 Å². The molecule has 2 heterocycles. The molecule has 0 atom stereocenters. The van der Waals surface area contributed by atoms with Crippen molar-refractivity contribution in [3.63, 3.8) is 0 Å². The highest BCUT2D eigenvalue weighted by Crippen LogP contribution is 2.41. The second-order valence-corrected chi connectivity index (χ2v) is 16.0. The number of rotatable bonds is 7. The molecule has 0 aliphatic heterocycles. The fourth-order valence-corrected chi connectivity index (χ4v) is 9.08. The van der Waals surface area contributed by atoms with Crippen LogP contribution in [-0.4, -0.2) is 19.5 Å². The van der Waals surface area contributed by atoms with Crippen molar-refractivity contribution in [2.75, 3.05) is 0 Å². The molecule has 0 aliphatic rings. The summed E-state index contributed by atoms with van der Waals surface area (Å²) in [5, 5.41) is 7.07. The molecule has 294 valence electrons. The van der Waals surface area contributed by atoms with E-state index in [2.05, 4.69) is 229 Å². The van der Waals surface area contributed by atoms with Gasteiger partial charge < -0.3 is 4.57 Å². The van der Waals surface area contributed by atoms with Crippen molar-refractivity contribution in [3.8, 4) is 73.2 Å². The molecule has 0 bridgehead atoms. The normalized spacial score (nSPS) is 11.5. The molecule has 0 fully saturated rings. The highest BCUT2D eigenvalue weighted by atomic mass is 15.1. The Hall–Kier alpha value is -8.47. The lowest BCUT2D eigenvalue weighted by molar-refractivity contribution is 1.07. The van der Waals surface area contributed by atoms with E-state index in [1.807, 2.05) is 6.07 Å². The molecule has 0 aliphatic carbocycles. The zero-order valence-corrected chi connectivity index (χ0v) is 34.2. The fourth-order valence-electron chi connectivity index (χ4n) is 9.08. The zero-order chi connectivity index (χ0) is 41.7. The van der Waals surface area contributed by atoms with Gasteiger partial charge in [0.2, 0.25) is 0 Å². The van der Waals surface area contributed by atoms with Crippen molar-refractivity contribution in [2.45, 2.75) is 0 Å². The van der Waals surface area contributed by atoms with E-state index in [4.69, 9.17) is 15.0 Å². The summed E-state index contributed by atoms with van der Waals surface area (Å²) in [6, 6.07) is 81.8. The Morgan fingerprint density at radius 2 is 0.698 bits per heavy atom. The Kier molecular flexibility index (Phi) is 8.79. The van der Waals surface area contributed by atoms with Crippen LogP contribution in [0.3, 0.4) is 0 Å². The lowest BCUT2D eigenvalue weighted by Gasteiger charge is -2.17. The minimum atomic E-state index is 0.605. The van der Waals surface area contributed by atoms with Crippen LogP contribution in [-0.2, 0) is 0 Å². The van der Waals surface area contributed by atoms with Gasteiger partial charge in [0.05, 0.1) is 16.7 Å². The molecule has 12 rings (SSSR count). The molecular weight excluding hydrogens is 765 g/mol. The zero-order valence-electron chi connectivity index (χ0n) is 34.2. The van der Waals surface area contributed by atoms with E-state index in [-0.39, 0.29) is 0 Å². The van der Waals surface area contributed by atoms with Gasteiger partial charge in [0.1, 0.15) is 0 Å². The molecule has 0 radical (unpaired) electrons. The summed E-state index contributed by atoms with van der Waals surface area (Å²) in [5.41, 5.74) is 13.0. The van der Waals surface area contributed by atoms with Crippen molar-refractivity contribution in [3.05, 3.63) is 231 Å². The second kappa shape index (κ2) is 15.2. The number of hydrogen-bond acceptors (Lipinski definition) is 3. The molecule has 12 aromatic rings. The highest BCUT2D eigenvalue weighted by Gasteiger charge is 2.22. The van der Waals surface area contributed by atoms with E-state index in [1.165, 1.54) is 38.2 Å². The molecule has 63 heavy (non-hydrogen) atoms. The van der Waals surface area contributed by atoms with Gasteiger partial charge in [-0.25, -0.2) is 15.0 Å². The van der Waals surface area contributed by atoms with Crippen molar-refractivity contribution >= 4 is 43.4 Å². The maximum absolute atomic E-state index is 5.36. The average molecular weight is 803 g/mol. The summed E-state index contributed by atoms with van der Waals surface area (Å²) >= 11 is 0. The lowest BCUT2D eigenvalue weighted by atomic mass is 10.00. The number of hydrogen-bond donors (Lipinski definition) is 0. The largest absolute Gasteiger partial charge is 0.308 e. The summed E-state index contributed by atoms with van der Waals surface area (Å²) in [6.45, 7) is 0. The number of fused-ring (bicyclic) bond motifs is 5. The van der Waals surface area contributed by atoms with Gasteiger partial charge in [-0.2, -0.15) is 0 Å². The van der Waals surface area contributed by atoms with Crippen LogP contribution in [0.4, 0.5) is 0 Å². The first kappa shape index (κ1) is 36.4. The summed E-state index contributed by atoms with van der Waals surface area (Å²) in [6.07, 6.45) is 0. The van der Waals surface area contributed by atoms with E-state index >= 15 is 0 Å². The summed E-state index contributed by atoms with van der Waals surface area (Å²) in [7, 11) is 0. The SMILES string of the molecule is c1ccc(-c2ccc(-c3nc(-c4ccc(-c5ccc6ccccc6c5)cc4)nc(-c4ccc5ccccc5c4-n4c5ccccc5c5cc(-c6ccccc6)ccc54)n3)cc2)cc1. The molecule has 0 saturated heterocycles. The van der Waals surface area contributed by atoms with Gasteiger partial charge in [-0.05, 0) is 79.9 Å². The van der Waals surface area contributed by atoms with E-state index < -0.39 is 0 Å². The molecule has 0 saturated carbocycles. The third-order valence-electron chi connectivity index (χ3n) is 12.3. The Balaban J connectivity index is 1.07. The maximum Gasteiger partial charge on any atom is 0.166 e. The first-order chi connectivity index (χ1) is 31.2. The quantitative estimate of drug-likeness (QED) is 0.161. The topological polar surface area (TPSA) is 43.6 Å². The summed E-state index contributed by atoms with van der Waals surface area (Å²) < 4.78 is 2.41. The van der Waals surface area contributed by atoms with Crippen LogP contribution in [0.15, 0.2) is 231 Å². The van der Waals surface area contributed by atoms with Crippen LogP contribution in [0.25, 0.3) is 117 Å². The fraction of sp³-hybridized carbons (Fsp3) is 0.